The first-order valence-electron chi connectivity index (χ1n) is 6.65. The van der Waals surface area contributed by atoms with Gasteiger partial charge in [0.1, 0.15) is 5.75 Å². The van der Waals surface area contributed by atoms with Crippen LogP contribution in [-0.4, -0.2) is 12.7 Å². The summed E-state index contributed by atoms with van der Waals surface area (Å²) < 4.78 is 5.42. The molecule has 1 saturated carbocycles. The fourth-order valence-corrected chi connectivity index (χ4v) is 2.71. The van der Waals surface area contributed by atoms with Gasteiger partial charge in [0.05, 0.1) is 12.6 Å². The van der Waals surface area contributed by atoms with Crippen LogP contribution in [-0.2, 0) is 4.79 Å². The second-order valence-electron chi connectivity index (χ2n) is 4.71. The van der Waals surface area contributed by atoms with Gasteiger partial charge in [0.25, 0.3) is 0 Å². The van der Waals surface area contributed by atoms with Gasteiger partial charge in [0.2, 0.25) is 6.08 Å². The summed E-state index contributed by atoms with van der Waals surface area (Å²) in [5, 5.41) is 0. The standard InChI is InChI=1S/C15H19NO2/c1-2-18-14-9-7-13(8-10-14)15(16-11-17)12-5-3-4-6-12/h7-10,12,15H,2-6H2,1H3. The molecule has 0 spiro atoms. The summed E-state index contributed by atoms with van der Waals surface area (Å²) in [4.78, 5) is 14.6. The number of hydrogen-bond acceptors (Lipinski definition) is 3. The Hall–Kier alpha value is -1.60. The summed E-state index contributed by atoms with van der Waals surface area (Å²) in [5.41, 5.74) is 1.09. The number of rotatable bonds is 5. The smallest absolute Gasteiger partial charge is 0.235 e. The van der Waals surface area contributed by atoms with Crippen molar-refractivity contribution < 1.29 is 9.53 Å². The fourth-order valence-electron chi connectivity index (χ4n) is 2.71. The highest BCUT2D eigenvalue weighted by molar-refractivity contribution is 5.37. The van der Waals surface area contributed by atoms with Crippen molar-refractivity contribution in [1.29, 1.82) is 0 Å². The second kappa shape index (κ2) is 6.36. The Morgan fingerprint density at radius 1 is 1.33 bits per heavy atom. The van der Waals surface area contributed by atoms with Crippen LogP contribution in [0.5, 0.6) is 5.75 Å². The summed E-state index contributed by atoms with van der Waals surface area (Å²) in [7, 11) is 0. The Bertz CT molecular complexity index is 415. The number of carbonyl (C=O) groups excluding carboxylic acids is 1. The average Bonchev–Trinajstić information content (AvgIpc) is 2.91. The van der Waals surface area contributed by atoms with Crippen LogP contribution in [0.1, 0.15) is 44.2 Å². The highest BCUT2D eigenvalue weighted by Crippen LogP contribution is 2.38. The lowest BCUT2D eigenvalue weighted by Gasteiger charge is -2.18. The molecular weight excluding hydrogens is 226 g/mol. The van der Waals surface area contributed by atoms with E-state index in [1.807, 2.05) is 31.2 Å². The molecule has 0 aromatic heterocycles. The quantitative estimate of drug-likeness (QED) is 0.586. The van der Waals surface area contributed by atoms with Crippen LogP contribution in [0.3, 0.4) is 0 Å². The molecule has 0 heterocycles. The number of isocyanates is 1. The van der Waals surface area contributed by atoms with E-state index < -0.39 is 0 Å². The number of aliphatic imine (C=N–C) groups is 1. The summed E-state index contributed by atoms with van der Waals surface area (Å²) in [5.74, 6) is 1.35. The molecule has 2 rings (SSSR count). The predicted octanol–water partition coefficient (Wildman–Crippen LogP) is 3.65. The first kappa shape index (κ1) is 12.8. The molecule has 1 aliphatic carbocycles. The summed E-state index contributed by atoms with van der Waals surface area (Å²) >= 11 is 0. The van der Waals surface area contributed by atoms with Gasteiger partial charge in [-0.25, -0.2) is 4.79 Å². The van der Waals surface area contributed by atoms with Gasteiger partial charge in [-0.2, -0.15) is 4.99 Å². The number of benzene rings is 1. The molecule has 1 unspecified atom stereocenters. The Kier molecular flexibility index (Phi) is 4.54. The molecule has 0 saturated heterocycles. The Labute approximate surface area is 108 Å². The van der Waals surface area contributed by atoms with Crippen LogP contribution in [0.4, 0.5) is 0 Å². The van der Waals surface area contributed by atoms with Crippen molar-refractivity contribution in [3.8, 4) is 5.75 Å². The molecule has 0 N–H and O–H groups in total. The first-order valence-corrected chi connectivity index (χ1v) is 6.65. The molecule has 1 aromatic carbocycles. The molecule has 0 amide bonds. The predicted molar refractivity (Wildman–Crippen MR) is 70.4 cm³/mol. The Balaban J connectivity index is 2.16. The molecule has 3 heteroatoms. The third-order valence-electron chi connectivity index (χ3n) is 3.57. The van der Waals surface area contributed by atoms with E-state index >= 15 is 0 Å². The zero-order valence-corrected chi connectivity index (χ0v) is 10.8. The third-order valence-corrected chi connectivity index (χ3v) is 3.57. The second-order valence-corrected chi connectivity index (χ2v) is 4.71. The van der Waals surface area contributed by atoms with Gasteiger partial charge in [0.15, 0.2) is 0 Å². The van der Waals surface area contributed by atoms with E-state index in [-0.39, 0.29) is 6.04 Å². The molecular formula is C15H19NO2. The zero-order valence-electron chi connectivity index (χ0n) is 10.8. The normalized spacial score (nSPS) is 17.2. The van der Waals surface area contributed by atoms with E-state index in [9.17, 15) is 4.79 Å². The van der Waals surface area contributed by atoms with Gasteiger partial charge in [-0.05, 0) is 43.4 Å². The largest absolute Gasteiger partial charge is 0.494 e. The lowest BCUT2D eigenvalue weighted by atomic mass is 9.92. The molecule has 1 aliphatic rings. The monoisotopic (exact) mass is 245 g/mol. The highest BCUT2D eigenvalue weighted by atomic mass is 16.5. The molecule has 3 nitrogen and oxygen atoms in total. The van der Waals surface area contributed by atoms with Crippen molar-refractivity contribution in [3.05, 3.63) is 29.8 Å². The molecule has 0 bridgehead atoms. The minimum Gasteiger partial charge on any atom is -0.494 e. The van der Waals surface area contributed by atoms with Crippen LogP contribution >= 0.6 is 0 Å². The average molecular weight is 245 g/mol. The molecule has 0 radical (unpaired) electrons. The van der Waals surface area contributed by atoms with Gasteiger partial charge in [0, 0.05) is 0 Å². The van der Waals surface area contributed by atoms with Crippen molar-refractivity contribution in [3.63, 3.8) is 0 Å². The maximum absolute atomic E-state index is 10.6. The molecule has 1 atom stereocenters. The number of ether oxygens (including phenoxy) is 1. The van der Waals surface area contributed by atoms with Gasteiger partial charge in [-0.1, -0.05) is 25.0 Å². The van der Waals surface area contributed by atoms with Crippen LogP contribution in [0, 0.1) is 5.92 Å². The van der Waals surface area contributed by atoms with Crippen LogP contribution in [0.2, 0.25) is 0 Å². The van der Waals surface area contributed by atoms with Gasteiger partial charge < -0.3 is 4.74 Å². The van der Waals surface area contributed by atoms with E-state index in [1.165, 1.54) is 12.8 Å². The summed E-state index contributed by atoms with van der Waals surface area (Å²) in [6.07, 6.45) is 6.52. The van der Waals surface area contributed by atoms with Crippen molar-refractivity contribution in [2.24, 2.45) is 10.9 Å². The first-order chi connectivity index (χ1) is 8.85. The minimum absolute atomic E-state index is 0.0272. The topological polar surface area (TPSA) is 38.7 Å². The van der Waals surface area contributed by atoms with Crippen molar-refractivity contribution in [2.75, 3.05) is 6.61 Å². The van der Waals surface area contributed by atoms with Crippen molar-refractivity contribution in [1.82, 2.24) is 0 Å². The van der Waals surface area contributed by atoms with Crippen LogP contribution < -0.4 is 4.74 Å². The fraction of sp³-hybridized carbons (Fsp3) is 0.533. The maximum Gasteiger partial charge on any atom is 0.235 e. The lowest BCUT2D eigenvalue weighted by molar-refractivity contribution is 0.340. The van der Waals surface area contributed by atoms with E-state index in [1.54, 1.807) is 6.08 Å². The van der Waals surface area contributed by atoms with E-state index in [0.717, 1.165) is 24.2 Å². The molecule has 96 valence electrons. The van der Waals surface area contributed by atoms with Gasteiger partial charge in [-0.15, -0.1) is 0 Å². The molecule has 1 fully saturated rings. The summed E-state index contributed by atoms with van der Waals surface area (Å²) in [6, 6.07) is 7.88. The SMILES string of the molecule is CCOc1ccc(C(N=C=O)C2CCCC2)cc1. The molecule has 0 aliphatic heterocycles. The van der Waals surface area contributed by atoms with Gasteiger partial charge in [-0.3, -0.25) is 0 Å². The maximum atomic E-state index is 10.6. The van der Waals surface area contributed by atoms with Crippen molar-refractivity contribution >= 4 is 6.08 Å². The molecule has 18 heavy (non-hydrogen) atoms. The molecule has 1 aromatic rings. The summed E-state index contributed by atoms with van der Waals surface area (Å²) in [6.45, 7) is 2.63. The minimum atomic E-state index is -0.0272. The highest BCUT2D eigenvalue weighted by Gasteiger charge is 2.26. The van der Waals surface area contributed by atoms with Crippen LogP contribution in [0.15, 0.2) is 29.3 Å². The lowest BCUT2D eigenvalue weighted by Crippen LogP contribution is -2.07. The van der Waals surface area contributed by atoms with E-state index in [2.05, 4.69) is 4.99 Å². The number of nitrogens with zero attached hydrogens (tertiary/aromatic N) is 1. The number of hydrogen-bond donors (Lipinski definition) is 0. The van der Waals surface area contributed by atoms with Crippen LogP contribution in [0.25, 0.3) is 0 Å². The third kappa shape index (κ3) is 2.99. The Morgan fingerprint density at radius 2 is 2.00 bits per heavy atom. The van der Waals surface area contributed by atoms with Crippen molar-refractivity contribution in [2.45, 2.75) is 38.6 Å². The van der Waals surface area contributed by atoms with Gasteiger partial charge >= 0.3 is 0 Å². The zero-order chi connectivity index (χ0) is 12.8. The van der Waals surface area contributed by atoms with E-state index in [4.69, 9.17) is 4.74 Å². The van der Waals surface area contributed by atoms with E-state index in [0.29, 0.717) is 12.5 Å². The Morgan fingerprint density at radius 3 is 2.56 bits per heavy atom.